The predicted octanol–water partition coefficient (Wildman–Crippen LogP) is 6.73. The van der Waals surface area contributed by atoms with Crippen molar-refractivity contribution in [1.29, 1.82) is 0 Å². The molecule has 2 N–H and O–H groups in total. The van der Waals surface area contributed by atoms with Crippen molar-refractivity contribution < 1.29 is 57.1 Å². The summed E-state index contributed by atoms with van der Waals surface area (Å²) in [5.74, 6) is -3.29. The minimum atomic E-state index is -0.943. The van der Waals surface area contributed by atoms with E-state index in [2.05, 4.69) is 15.8 Å². The van der Waals surface area contributed by atoms with Gasteiger partial charge < -0.3 is 34.2 Å². The minimum absolute atomic E-state index is 0.000667. The van der Waals surface area contributed by atoms with Crippen molar-refractivity contribution in [3.05, 3.63) is 101 Å². The highest BCUT2D eigenvalue weighted by atomic mass is 16.6. The van der Waals surface area contributed by atoms with Gasteiger partial charge in [-0.05, 0) is 80.2 Å². The standard InChI is InChI=1S/C56H74N4O11/c1-8-47(62)36-70-57-33-46-30-43(20-22-52(46)71-40(6)61)34-60(23-25-68-26-24-60)35-48(63)31-44(21-19-41-15-11-9-12-16-41)54(66)58-49(27-38(2)3)51(64)32-45(29-42-17-13-10-14-18-42)55(67)59-50(28-39(4)5)53(65)56(7)37-69-56/h9-18,20,22,30,33,38-39,44-45,49-50H,8,19,21,23-29,31-32,34-37H2,1-7H3,(H-,58,59,66,67)/p+1/b57-33+/t44-,45-,49+,50+,56-/m1/s1. The summed E-state index contributed by atoms with van der Waals surface area (Å²) in [5, 5.41) is 10.0. The smallest absolute Gasteiger partial charge is 0.308 e. The maximum Gasteiger partial charge on any atom is 0.308 e. The molecule has 3 aromatic rings. The van der Waals surface area contributed by atoms with Crippen molar-refractivity contribution in [3.63, 3.8) is 0 Å². The van der Waals surface area contributed by atoms with Gasteiger partial charge >= 0.3 is 5.97 Å². The molecule has 15 nitrogen and oxygen atoms in total. The molecule has 2 fully saturated rings. The van der Waals surface area contributed by atoms with E-state index in [-0.39, 0.29) is 73.1 Å². The molecule has 0 aromatic heterocycles. The van der Waals surface area contributed by atoms with E-state index >= 15 is 0 Å². The lowest BCUT2D eigenvalue weighted by atomic mass is 9.87. The van der Waals surface area contributed by atoms with Crippen LogP contribution in [0.1, 0.15) is 109 Å². The number of ketones is 4. The molecule has 2 amide bonds. The number of esters is 1. The van der Waals surface area contributed by atoms with Crippen molar-refractivity contribution >= 4 is 47.1 Å². The number of morpholine rings is 1. The first-order chi connectivity index (χ1) is 33.9. The van der Waals surface area contributed by atoms with Gasteiger partial charge in [-0.15, -0.1) is 0 Å². The Labute approximate surface area is 419 Å². The molecule has 71 heavy (non-hydrogen) atoms. The zero-order valence-corrected chi connectivity index (χ0v) is 42.7. The van der Waals surface area contributed by atoms with E-state index in [1.807, 2.05) is 100 Å². The van der Waals surface area contributed by atoms with Crippen molar-refractivity contribution in [2.24, 2.45) is 28.8 Å². The molecule has 0 aliphatic carbocycles. The number of carbonyl (C=O) groups excluding carboxylic acids is 7. The van der Waals surface area contributed by atoms with Gasteiger partial charge in [-0.2, -0.15) is 0 Å². The Balaban J connectivity index is 1.37. The third kappa shape index (κ3) is 18.3. The van der Waals surface area contributed by atoms with Crippen LogP contribution in [0.5, 0.6) is 5.75 Å². The number of oxime groups is 1. The van der Waals surface area contributed by atoms with Gasteiger partial charge in [0, 0.05) is 49.1 Å². The molecule has 5 rings (SSSR count). The first-order valence-electron chi connectivity index (χ1n) is 25.2. The van der Waals surface area contributed by atoms with E-state index in [9.17, 15) is 33.6 Å². The molecule has 3 aromatic carbocycles. The zero-order valence-electron chi connectivity index (χ0n) is 42.7. The second-order valence-electron chi connectivity index (χ2n) is 20.4. The molecular formula is C56H75N4O11+. The number of carbonyl (C=O) groups is 7. The SMILES string of the molecule is CCC(=O)CO/N=C/c1cc(C[N+]2(CC(=O)C[C@@H](CCc3ccccc3)C(=O)N[C@@H](CC(C)C)C(=O)C[C@@H](Cc3ccccc3)C(=O)N[C@@H](CC(C)C)C(=O)[C@@]3(C)CO3)CCOCC2)ccc1OC(C)=O. The third-order valence-corrected chi connectivity index (χ3v) is 13.1. The summed E-state index contributed by atoms with van der Waals surface area (Å²) >= 11 is 0. The average molecular weight is 980 g/mol. The lowest BCUT2D eigenvalue weighted by Gasteiger charge is -2.41. The second-order valence-corrected chi connectivity index (χ2v) is 20.4. The molecule has 2 aliphatic rings. The van der Waals surface area contributed by atoms with Crippen LogP contribution in [-0.2, 0) is 67.3 Å². The molecule has 0 bridgehead atoms. The molecule has 384 valence electrons. The summed E-state index contributed by atoms with van der Waals surface area (Å²) in [7, 11) is 0. The normalized spacial score (nSPS) is 18.0. The minimum Gasteiger partial charge on any atom is -0.426 e. The summed E-state index contributed by atoms with van der Waals surface area (Å²) in [6.45, 7) is 15.2. The Hall–Kier alpha value is -5.90. The topological polar surface area (TPSA) is 196 Å². The molecule has 2 saturated heterocycles. The fourth-order valence-electron chi connectivity index (χ4n) is 9.05. The molecule has 0 unspecified atom stereocenters. The van der Waals surface area contributed by atoms with Crippen LogP contribution in [0.15, 0.2) is 84.0 Å². The summed E-state index contributed by atoms with van der Waals surface area (Å²) in [4.78, 5) is 100. The number of hydrogen-bond donors (Lipinski definition) is 2. The fraction of sp³-hybridized carbons (Fsp3) is 0.536. The highest BCUT2D eigenvalue weighted by Crippen LogP contribution is 2.31. The van der Waals surface area contributed by atoms with Crippen LogP contribution >= 0.6 is 0 Å². The average Bonchev–Trinajstić information content (AvgIpc) is 4.09. The van der Waals surface area contributed by atoms with Gasteiger partial charge in [0.05, 0.1) is 38.1 Å². The summed E-state index contributed by atoms with van der Waals surface area (Å²) < 4.78 is 17.0. The zero-order chi connectivity index (χ0) is 51.6. The number of quaternary nitrogens is 1. The van der Waals surface area contributed by atoms with Gasteiger partial charge in [-0.3, -0.25) is 33.6 Å². The van der Waals surface area contributed by atoms with E-state index in [1.54, 1.807) is 19.9 Å². The molecular weight excluding hydrogens is 905 g/mol. The first kappa shape index (κ1) is 56.0. The lowest BCUT2D eigenvalue weighted by molar-refractivity contribution is -0.940. The van der Waals surface area contributed by atoms with Crippen molar-refractivity contribution in [2.75, 3.05) is 46.1 Å². The van der Waals surface area contributed by atoms with Crippen molar-refractivity contribution in [3.8, 4) is 5.75 Å². The van der Waals surface area contributed by atoms with Crippen molar-refractivity contribution in [2.45, 2.75) is 124 Å². The maximum absolute atomic E-state index is 14.7. The van der Waals surface area contributed by atoms with Crippen LogP contribution in [0.25, 0.3) is 0 Å². The van der Waals surface area contributed by atoms with E-state index in [1.165, 1.54) is 13.1 Å². The lowest BCUT2D eigenvalue weighted by Crippen LogP contribution is -2.57. The molecule has 0 spiro atoms. The van der Waals surface area contributed by atoms with Crippen LogP contribution in [0, 0.1) is 23.7 Å². The predicted molar refractivity (Wildman–Crippen MR) is 269 cm³/mol. The first-order valence-corrected chi connectivity index (χ1v) is 25.2. The van der Waals surface area contributed by atoms with E-state index in [4.69, 9.17) is 19.0 Å². The summed E-state index contributed by atoms with van der Waals surface area (Å²) in [6.07, 6.45) is 3.32. The highest BCUT2D eigenvalue weighted by Gasteiger charge is 2.50. The Morgan fingerprint density at radius 1 is 0.775 bits per heavy atom. The second kappa shape index (κ2) is 27.1. The van der Waals surface area contributed by atoms with E-state index < -0.39 is 47.3 Å². The van der Waals surface area contributed by atoms with E-state index in [0.717, 1.165) is 16.7 Å². The Kier molecular flexibility index (Phi) is 21.4. The van der Waals surface area contributed by atoms with Gasteiger partial charge in [0.25, 0.3) is 0 Å². The molecule has 5 atom stereocenters. The van der Waals surface area contributed by atoms with Gasteiger partial charge in [0.2, 0.25) is 11.8 Å². The molecule has 2 aliphatic heterocycles. The van der Waals surface area contributed by atoms with Crippen LogP contribution in [0.4, 0.5) is 0 Å². The number of nitrogens with one attached hydrogen (secondary N) is 2. The summed E-state index contributed by atoms with van der Waals surface area (Å²) in [6, 6.07) is 22.8. The van der Waals surface area contributed by atoms with Crippen LogP contribution in [0.3, 0.4) is 0 Å². The molecule has 0 radical (unpaired) electrons. The van der Waals surface area contributed by atoms with Gasteiger partial charge in [-0.25, -0.2) is 0 Å². The van der Waals surface area contributed by atoms with Gasteiger partial charge in [-0.1, -0.05) is 100 Å². The Morgan fingerprint density at radius 2 is 1.38 bits per heavy atom. The number of benzene rings is 3. The highest BCUT2D eigenvalue weighted by molar-refractivity contribution is 5.98. The van der Waals surface area contributed by atoms with Crippen LogP contribution < -0.4 is 15.4 Å². The van der Waals surface area contributed by atoms with Crippen LogP contribution in [0.2, 0.25) is 0 Å². The quantitative estimate of drug-likeness (QED) is 0.0179. The van der Waals surface area contributed by atoms with Crippen LogP contribution in [-0.4, -0.2) is 115 Å². The Bertz CT molecular complexity index is 2310. The third-order valence-electron chi connectivity index (χ3n) is 13.1. The maximum atomic E-state index is 14.7. The number of amides is 2. The Morgan fingerprint density at radius 3 is 1.99 bits per heavy atom. The van der Waals surface area contributed by atoms with Crippen molar-refractivity contribution in [1.82, 2.24) is 10.6 Å². The number of rotatable bonds is 30. The van der Waals surface area contributed by atoms with E-state index in [0.29, 0.717) is 81.6 Å². The molecule has 2 heterocycles. The monoisotopic (exact) mass is 980 g/mol. The number of Topliss-reactive ketones (excluding diaryl/α,β-unsaturated/α-hetero) is 4. The largest absolute Gasteiger partial charge is 0.426 e. The van der Waals surface area contributed by atoms with Gasteiger partial charge in [0.15, 0.2) is 29.7 Å². The molecule has 0 saturated carbocycles. The summed E-state index contributed by atoms with van der Waals surface area (Å²) in [5.41, 5.74) is 2.21. The number of nitrogens with zero attached hydrogens (tertiary/aromatic N) is 2. The molecule has 15 heteroatoms. The number of ether oxygens (including phenoxy) is 3. The number of hydrogen-bond acceptors (Lipinski definition) is 12. The number of aryl methyl sites for hydroxylation is 1. The van der Waals surface area contributed by atoms with Gasteiger partial charge in [0.1, 0.15) is 37.5 Å². The number of epoxide rings is 1. The fourth-order valence-corrected chi connectivity index (χ4v) is 9.05.